The molecule has 1 fully saturated rings. The molecule has 2 rings (SSSR count). The van der Waals surface area contributed by atoms with Gasteiger partial charge in [0.05, 0.1) is 11.4 Å². The number of nitrogen functional groups attached to an aromatic ring is 1. The number of hydrogen-bond donors (Lipinski definition) is 2. The maximum Gasteiger partial charge on any atom is 0.301 e. The van der Waals surface area contributed by atoms with Crippen LogP contribution in [0.1, 0.15) is 32.1 Å². The molecule has 1 aromatic rings. The third-order valence-corrected chi connectivity index (χ3v) is 5.20. The van der Waals surface area contributed by atoms with Crippen molar-refractivity contribution in [1.29, 1.82) is 0 Å². The van der Waals surface area contributed by atoms with Gasteiger partial charge in [0.2, 0.25) is 0 Å². The fourth-order valence-corrected chi connectivity index (χ4v) is 3.65. The average Bonchev–Trinajstić information content (AvgIpc) is 2.41. The third-order valence-electron chi connectivity index (χ3n) is 3.67. The second-order valence-corrected chi connectivity index (χ2v) is 6.73. The number of nitrogens with one attached hydrogen (secondary N) is 1. The summed E-state index contributed by atoms with van der Waals surface area (Å²) in [7, 11) is -1.90. The van der Waals surface area contributed by atoms with E-state index in [1.807, 2.05) is 0 Å². The Hall–Kier alpha value is -1.27. The first-order valence-corrected chi connectivity index (χ1v) is 8.05. The minimum Gasteiger partial charge on any atom is -0.397 e. The van der Waals surface area contributed by atoms with Gasteiger partial charge in [0.25, 0.3) is 0 Å². The Bertz CT molecular complexity index is 524. The standard InChI is InChI=1S/C13H21N3O2S/c1-16(11-7-3-2-4-8-11)19(17,18)15-13-10-6-5-9-12(13)14/h5-6,9-11,15H,2-4,7-8,14H2,1H3. The molecule has 0 amide bonds. The number of rotatable bonds is 4. The van der Waals surface area contributed by atoms with Gasteiger partial charge in [-0.1, -0.05) is 31.4 Å². The zero-order valence-corrected chi connectivity index (χ0v) is 12.0. The van der Waals surface area contributed by atoms with Crippen molar-refractivity contribution in [1.82, 2.24) is 4.31 Å². The Morgan fingerprint density at radius 2 is 1.84 bits per heavy atom. The van der Waals surface area contributed by atoms with Gasteiger partial charge in [-0.05, 0) is 25.0 Å². The van der Waals surface area contributed by atoms with Gasteiger partial charge in [-0.2, -0.15) is 12.7 Å². The van der Waals surface area contributed by atoms with Crippen LogP contribution in [0.2, 0.25) is 0 Å². The van der Waals surface area contributed by atoms with Crippen LogP contribution in [0, 0.1) is 0 Å². The molecule has 0 bridgehead atoms. The zero-order chi connectivity index (χ0) is 13.9. The van der Waals surface area contributed by atoms with Crippen molar-refractivity contribution in [2.45, 2.75) is 38.1 Å². The lowest BCUT2D eigenvalue weighted by atomic mass is 9.96. The highest BCUT2D eigenvalue weighted by molar-refractivity contribution is 7.90. The van der Waals surface area contributed by atoms with E-state index in [0.29, 0.717) is 11.4 Å². The van der Waals surface area contributed by atoms with Gasteiger partial charge < -0.3 is 5.73 Å². The first kappa shape index (κ1) is 14.1. The molecule has 0 aromatic heterocycles. The molecule has 0 heterocycles. The molecule has 0 unspecified atom stereocenters. The third kappa shape index (κ3) is 3.39. The fourth-order valence-electron chi connectivity index (χ4n) is 2.44. The quantitative estimate of drug-likeness (QED) is 0.832. The van der Waals surface area contributed by atoms with Gasteiger partial charge >= 0.3 is 10.2 Å². The second-order valence-electron chi connectivity index (χ2n) is 5.00. The van der Waals surface area contributed by atoms with Crippen molar-refractivity contribution in [2.75, 3.05) is 17.5 Å². The number of anilines is 2. The molecule has 19 heavy (non-hydrogen) atoms. The summed E-state index contributed by atoms with van der Waals surface area (Å²) >= 11 is 0. The van der Waals surface area contributed by atoms with Gasteiger partial charge in [-0.25, -0.2) is 0 Å². The summed E-state index contributed by atoms with van der Waals surface area (Å²) in [5.74, 6) is 0. The number of para-hydroxylation sites is 2. The van der Waals surface area contributed by atoms with Crippen LogP contribution in [-0.2, 0) is 10.2 Å². The lowest BCUT2D eigenvalue weighted by molar-refractivity contribution is 0.287. The van der Waals surface area contributed by atoms with Crippen LogP contribution < -0.4 is 10.5 Å². The predicted octanol–water partition coefficient (Wildman–Crippen LogP) is 2.19. The molecule has 0 spiro atoms. The van der Waals surface area contributed by atoms with Crippen molar-refractivity contribution < 1.29 is 8.42 Å². The first-order valence-electron chi connectivity index (χ1n) is 6.61. The van der Waals surface area contributed by atoms with E-state index in [0.717, 1.165) is 25.7 Å². The molecule has 1 aromatic carbocycles. The molecular weight excluding hydrogens is 262 g/mol. The Kier molecular flexibility index (Phi) is 4.31. The number of benzene rings is 1. The van der Waals surface area contributed by atoms with E-state index in [-0.39, 0.29) is 6.04 Å². The Balaban J connectivity index is 2.11. The molecule has 0 atom stereocenters. The topological polar surface area (TPSA) is 75.4 Å². The number of hydrogen-bond acceptors (Lipinski definition) is 3. The Morgan fingerprint density at radius 1 is 1.21 bits per heavy atom. The lowest BCUT2D eigenvalue weighted by Crippen LogP contribution is -2.41. The van der Waals surface area contributed by atoms with Crippen LogP contribution in [-0.4, -0.2) is 25.8 Å². The zero-order valence-electron chi connectivity index (χ0n) is 11.2. The summed E-state index contributed by atoms with van der Waals surface area (Å²) < 4.78 is 28.6. The van der Waals surface area contributed by atoms with Crippen molar-refractivity contribution in [2.24, 2.45) is 0 Å². The molecule has 6 heteroatoms. The van der Waals surface area contributed by atoms with Crippen LogP contribution in [0.25, 0.3) is 0 Å². The highest BCUT2D eigenvalue weighted by Gasteiger charge is 2.27. The summed E-state index contributed by atoms with van der Waals surface area (Å²) in [6.45, 7) is 0. The summed E-state index contributed by atoms with van der Waals surface area (Å²) in [5.41, 5.74) is 6.63. The first-order chi connectivity index (χ1) is 9.00. The van der Waals surface area contributed by atoms with Crippen LogP contribution in [0.4, 0.5) is 11.4 Å². The molecule has 3 N–H and O–H groups in total. The van der Waals surface area contributed by atoms with E-state index in [4.69, 9.17) is 5.73 Å². The van der Waals surface area contributed by atoms with Crippen LogP contribution in [0.3, 0.4) is 0 Å². The lowest BCUT2D eigenvalue weighted by Gasteiger charge is -2.30. The van der Waals surface area contributed by atoms with E-state index < -0.39 is 10.2 Å². The van der Waals surface area contributed by atoms with Crippen molar-refractivity contribution >= 4 is 21.6 Å². The normalized spacial score (nSPS) is 17.6. The van der Waals surface area contributed by atoms with E-state index in [1.54, 1.807) is 31.3 Å². The Labute approximate surface area is 115 Å². The largest absolute Gasteiger partial charge is 0.397 e. The van der Waals surface area contributed by atoms with Crippen LogP contribution >= 0.6 is 0 Å². The highest BCUT2D eigenvalue weighted by Crippen LogP contribution is 2.25. The van der Waals surface area contributed by atoms with Gasteiger partial charge in [0, 0.05) is 13.1 Å². The summed E-state index contributed by atoms with van der Waals surface area (Å²) in [4.78, 5) is 0. The van der Waals surface area contributed by atoms with E-state index in [2.05, 4.69) is 4.72 Å². The molecule has 0 aliphatic heterocycles. The van der Waals surface area contributed by atoms with Crippen LogP contribution in [0.15, 0.2) is 24.3 Å². The van der Waals surface area contributed by atoms with E-state index in [9.17, 15) is 8.42 Å². The van der Waals surface area contributed by atoms with Crippen molar-refractivity contribution in [3.63, 3.8) is 0 Å². The minimum absolute atomic E-state index is 0.0937. The van der Waals surface area contributed by atoms with Crippen molar-refractivity contribution in [3.8, 4) is 0 Å². The summed E-state index contributed by atoms with van der Waals surface area (Å²) in [6, 6.07) is 6.98. The molecule has 0 radical (unpaired) electrons. The minimum atomic E-state index is -3.53. The van der Waals surface area contributed by atoms with Gasteiger partial charge in [-0.3, -0.25) is 4.72 Å². The molecule has 5 nitrogen and oxygen atoms in total. The highest BCUT2D eigenvalue weighted by atomic mass is 32.2. The van der Waals surface area contributed by atoms with Crippen molar-refractivity contribution in [3.05, 3.63) is 24.3 Å². The maximum absolute atomic E-state index is 12.3. The molecule has 106 valence electrons. The number of nitrogens with zero attached hydrogens (tertiary/aromatic N) is 1. The van der Waals surface area contributed by atoms with Crippen LogP contribution in [0.5, 0.6) is 0 Å². The predicted molar refractivity (Wildman–Crippen MR) is 78.0 cm³/mol. The molecule has 1 aliphatic carbocycles. The maximum atomic E-state index is 12.3. The Morgan fingerprint density at radius 3 is 2.47 bits per heavy atom. The monoisotopic (exact) mass is 283 g/mol. The SMILES string of the molecule is CN(C1CCCCC1)S(=O)(=O)Nc1ccccc1N. The number of nitrogens with two attached hydrogens (primary N) is 1. The molecule has 0 saturated heterocycles. The van der Waals surface area contributed by atoms with Gasteiger partial charge in [0.1, 0.15) is 0 Å². The van der Waals surface area contributed by atoms with E-state index in [1.165, 1.54) is 10.7 Å². The molecule has 1 aliphatic rings. The molecular formula is C13H21N3O2S. The summed E-state index contributed by atoms with van der Waals surface area (Å²) in [5, 5.41) is 0. The molecule has 1 saturated carbocycles. The van der Waals surface area contributed by atoms with E-state index >= 15 is 0 Å². The summed E-state index contributed by atoms with van der Waals surface area (Å²) in [6.07, 6.45) is 5.25. The second kappa shape index (κ2) is 5.79. The van der Waals surface area contributed by atoms with Gasteiger partial charge in [-0.15, -0.1) is 0 Å². The van der Waals surface area contributed by atoms with Gasteiger partial charge in [0.15, 0.2) is 0 Å². The average molecular weight is 283 g/mol. The smallest absolute Gasteiger partial charge is 0.301 e. The fraction of sp³-hybridized carbons (Fsp3) is 0.538.